The smallest absolute Gasteiger partial charge is 0.342 e. The van der Waals surface area contributed by atoms with E-state index in [1.807, 2.05) is 25.1 Å². The summed E-state index contributed by atoms with van der Waals surface area (Å²) in [5.41, 5.74) is 1.38. The van der Waals surface area contributed by atoms with Gasteiger partial charge in [-0.05, 0) is 68.6 Å². The van der Waals surface area contributed by atoms with Crippen LogP contribution in [0.3, 0.4) is 0 Å². The van der Waals surface area contributed by atoms with Gasteiger partial charge in [-0.2, -0.15) is 13.8 Å². The van der Waals surface area contributed by atoms with Crippen molar-refractivity contribution in [1.82, 2.24) is 40.7 Å². The zero-order valence-electron chi connectivity index (χ0n) is 50.1. The third kappa shape index (κ3) is 15.9. The minimum Gasteiger partial charge on any atom is -0.495 e. The molecule has 2 aromatic heterocycles. The molecular formula is C60H79F4N11O11S. The number of methoxy groups -OCH3 is 1. The standard InChI is InChI=1S/C60H79F4N11O11S/c1-36-49(87-35-67-36)37-11-12-38(31-65-53(78)45-28-41(76)33-74(45)54(79)50(58(2,3)4)70-55(80)59(62)15-16-59)47(27-37)86-26-25-85-24-23-84-22-21-83-20-19-73-17-13-39(14-18-73)68-52(77)42-29-48(82-6)44(30-43(42)61)69-57-66-32-46-51(71-57)75(40-9-7-8-10-40)34-60(63,64)56(81)72(46)5/h11-12,27,29-30,32,35,39-41,45,50,76H,7-10,13-26,28,31,33-34H2,1-6H3,(H,65,78)(H,68,77)(H,70,80)(H,66,69,71)/t41-,45+,50-/m1/s1. The minimum absolute atomic E-state index is 0.00587. The minimum atomic E-state index is -3.65. The maximum absolute atomic E-state index is 15.7. The molecule has 0 bridgehead atoms. The zero-order valence-corrected chi connectivity index (χ0v) is 50.9. The van der Waals surface area contributed by atoms with Gasteiger partial charge in [-0.25, -0.2) is 18.7 Å². The Kier molecular flexibility index (Phi) is 20.9. The molecule has 474 valence electrons. The molecule has 0 spiro atoms. The number of piperidine rings is 1. The number of likely N-dealkylation sites (tertiary alicyclic amines) is 2. The number of carbonyl (C=O) groups is 5. The van der Waals surface area contributed by atoms with Crippen LogP contribution in [-0.4, -0.2) is 194 Å². The Morgan fingerprint density at radius 1 is 0.908 bits per heavy atom. The average Bonchev–Trinajstić information content (AvgIpc) is 3.45. The summed E-state index contributed by atoms with van der Waals surface area (Å²) in [5, 5.41) is 22.0. The molecule has 4 fully saturated rings. The highest BCUT2D eigenvalue weighted by Gasteiger charge is 2.54. The maximum Gasteiger partial charge on any atom is 0.342 e. The first kappa shape index (κ1) is 64.7. The van der Waals surface area contributed by atoms with Crippen LogP contribution < -0.4 is 40.5 Å². The molecular weight excluding hydrogens is 1160 g/mol. The van der Waals surface area contributed by atoms with E-state index in [0.717, 1.165) is 39.9 Å². The number of thiazole rings is 1. The number of benzene rings is 2. The van der Waals surface area contributed by atoms with Crippen molar-refractivity contribution in [3.63, 3.8) is 0 Å². The van der Waals surface area contributed by atoms with Gasteiger partial charge in [0.05, 0.1) is 92.9 Å². The number of halogens is 4. The summed E-state index contributed by atoms with van der Waals surface area (Å²) < 4.78 is 89.7. The average molecular weight is 1240 g/mol. The second-order valence-corrected chi connectivity index (χ2v) is 24.8. The molecule has 5 amide bonds. The van der Waals surface area contributed by atoms with Crippen LogP contribution in [0.4, 0.5) is 40.7 Å². The number of β-amino-alcohol motifs (C(OH)–C–C–N with tert-alkyl or cyclic N) is 1. The molecule has 3 aliphatic heterocycles. The fourth-order valence-electron chi connectivity index (χ4n) is 11.3. The molecule has 9 rings (SSSR count). The third-order valence-electron chi connectivity index (χ3n) is 16.5. The van der Waals surface area contributed by atoms with Crippen LogP contribution in [-0.2, 0) is 39.9 Å². The van der Waals surface area contributed by atoms with E-state index in [4.69, 9.17) is 23.7 Å². The molecule has 4 aromatic rings. The van der Waals surface area contributed by atoms with Gasteiger partial charge in [0.25, 0.3) is 17.7 Å². The van der Waals surface area contributed by atoms with Crippen LogP contribution in [0.15, 0.2) is 42.0 Å². The highest BCUT2D eigenvalue weighted by Crippen LogP contribution is 2.42. The molecule has 5 heterocycles. The van der Waals surface area contributed by atoms with Crippen LogP contribution in [0, 0.1) is 18.2 Å². The van der Waals surface area contributed by atoms with Gasteiger partial charge in [0.1, 0.15) is 41.7 Å². The van der Waals surface area contributed by atoms with Crippen LogP contribution in [0.1, 0.15) is 100 Å². The maximum atomic E-state index is 15.7. The predicted molar refractivity (Wildman–Crippen MR) is 316 cm³/mol. The molecule has 2 aromatic carbocycles. The van der Waals surface area contributed by atoms with Crippen LogP contribution >= 0.6 is 11.3 Å². The second-order valence-electron chi connectivity index (χ2n) is 23.9. The number of hydrogen-bond acceptors (Lipinski definition) is 18. The van der Waals surface area contributed by atoms with Crippen molar-refractivity contribution in [1.29, 1.82) is 0 Å². The normalized spacial score (nSPS) is 20.0. The molecule has 2 saturated heterocycles. The molecule has 2 aliphatic carbocycles. The van der Waals surface area contributed by atoms with E-state index in [1.54, 1.807) is 26.3 Å². The van der Waals surface area contributed by atoms with E-state index >= 15 is 13.2 Å². The summed E-state index contributed by atoms with van der Waals surface area (Å²) in [6, 6.07) is 5.45. The summed E-state index contributed by atoms with van der Waals surface area (Å²) in [4.78, 5) is 86.6. The number of rotatable bonds is 26. The number of nitrogens with one attached hydrogen (secondary N) is 4. The van der Waals surface area contributed by atoms with Crippen molar-refractivity contribution in [2.24, 2.45) is 5.41 Å². The number of carbonyl (C=O) groups excluding carboxylic acids is 5. The Balaban J connectivity index is 0.663. The monoisotopic (exact) mass is 1240 g/mol. The van der Waals surface area contributed by atoms with Gasteiger partial charge in [-0.3, -0.25) is 24.0 Å². The van der Waals surface area contributed by atoms with Gasteiger partial charge in [0.2, 0.25) is 17.8 Å². The highest BCUT2D eigenvalue weighted by molar-refractivity contribution is 7.13. The SMILES string of the molecule is COc1cc(C(=O)NC2CCN(CCOCCOCCOCCOc3cc(-c4scnc4C)ccc3CNC(=O)[C@@H]3C[C@@H](O)CN3C(=O)[C@@H](NC(=O)C3(F)CC3)C(C)(C)C)CC2)c(F)cc1Nc1ncc2c(n1)N(C1CCCC1)CC(F)(F)C(=O)N2C. The largest absolute Gasteiger partial charge is 0.495 e. The lowest BCUT2D eigenvalue weighted by molar-refractivity contribution is -0.145. The van der Waals surface area contributed by atoms with Crippen molar-refractivity contribution < 1.29 is 70.3 Å². The molecule has 22 nitrogen and oxygen atoms in total. The van der Waals surface area contributed by atoms with E-state index in [9.17, 15) is 33.5 Å². The van der Waals surface area contributed by atoms with Gasteiger partial charge in [0, 0.05) is 69.9 Å². The van der Waals surface area contributed by atoms with Crippen molar-refractivity contribution in [3.8, 4) is 21.9 Å². The number of nitrogens with zero attached hydrogens (tertiary/aromatic N) is 7. The third-order valence-corrected chi connectivity index (χ3v) is 17.5. The predicted octanol–water partition coefficient (Wildman–Crippen LogP) is 6.09. The molecule has 5 N–H and O–H groups in total. The van der Waals surface area contributed by atoms with Crippen molar-refractivity contribution in [3.05, 3.63) is 64.7 Å². The second kappa shape index (κ2) is 28.1. The van der Waals surface area contributed by atoms with Crippen molar-refractivity contribution in [2.75, 3.05) is 108 Å². The first-order chi connectivity index (χ1) is 41.5. The van der Waals surface area contributed by atoms with E-state index < -0.39 is 77.1 Å². The first-order valence-corrected chi connectivity index (χ1v) is 30.5. The Bertz CT molecular complexity index is 3100. The van der Waals surface area contributed by atoms with Crippen LogP contribution in [0.5, 0.6) is 11.5 Å². The number of anilines is 4. The van der Waals surface area contributed by atoms with Crippen molar-refractivity contribution >= 4 is 64.0 Å². The van der Waals surface area contributed by atoms with Gasteiger partial charge in [-0.1, -0.05) is 45.7 Å². The highest BCUT2D eigenvalue weighted by atomic mass is 32.1. The van der Waals surface area contributed by atoms with Crippen molar-refractivity contribution in [2.45, 2.75) is 134 Å². The number of fused-ring (bicyclic) bond motifs is 1. The summed E-state index contributed by atoms with van der Waals surface area (Å²) in [7, 11) is 2.63. The quantitative estimate of drug-likeness (QED) is 0.0352. The van der Waals surface area contributed by atoms with E-state index in [-0.39, 0.29) is 92.1 Å². The summed E-state index contributed by atoms with van der Waals surface area (Å²) in [5.74, 6) is -7.57. The Morgan fingerprint density at radius 2 is 1.60 bits per heavy atom. The van der Waals surface area contributed by atoms with Gasteiger partial charge in [0.15, 0.2) is 11.5 Å². The van der Waals surface area contributed by atoms with Gasteiger partial charge >= 0.3 is 5.92 Å². The fraction of sp³-hybridized carbons (Fsp3) is 0.600. The number of aromatic nitrogens is 3. The molecule has 3 atom stereocenters. The molecule has 0 radical (unpaired) electrons. The summed E-state index contributed by atoms with van der Waals surface area (Å²) >= 11 is 1.49. The lowest BCUT2D eigenvalue weighted by atomic mass is 9.85. The van der Waals surface area contributed by atoms with E-state index in [1.165, 1.54) is 47.6 Å². The molecule has 2 saturated carbocycles. The number of aliphatic hydroxyl groups excluding tert-OH is 1. The van der Waals surface area contributed by atoms with Gasteiger partial charge in [-0.15, -0.1) is 11.3 Å². The number of aryl methyl sites for hydroxylation is 1. The fourth-order valence-corrected chi connectivity index (χ4v) is 12.1. The topological polar surface area (TPSA) is 251 Å². The number of ether oxygens (including phenoxy) is 5. The Hall–Kier alpha value is -6.78. The number of amides is 5. The first-order valence-electron chi connectivity index (χ1n) is 29.7. The lowest BCUT2D eigenvalue weighted by Crippen LogP contribution is -2.59. The molecule has 5 aliphatic rings. The van der Waals surface area contributed by atoms with E-state index in [2.05, 4.69) is 41.1 Å². The summed E-state index contributed by atoms with van der Waals surface area (Å²) in [6.07, 6.45) is 4.83. The summed E-state index contributed by atoms with van der Waals surface area (Å²) in [6.45, 7) is 10.6. The lowest BCUT2D eigenvalue weighted by Gasteiger charge is -2.35. The Labute approximate surface area is 507 Å². The molecule has 27 heteroatoms. The van der Waals surface area contributed by atoms with Crippen LogP contribution in [0.25, 0.3) is 10.4 Å². The number of hydrogen-bond donors (Lipinski definition) is 5. The molecule has 87 heavy (non-hydrogen) atoms. The molecule has 0 unspecified atom stereocenters. The van der Waals surface area contributed by atoms with Gasteiger partial charge < -0.3 is 69.7 Å². The number of alkyl halides is 3. The Morgan fingerprint density at radius 3 is 2.25 bits per heavy atom. The zero-order chi connectivity index (χ0) is 62.2. The number of aliphatic hydroxyl groups is 1. The van der Waals surface area contributed by atoms with Crippen LogP contribution in [0.2, 0.25) is 0 Å². The van der Waals surface area contributed by atoms with E-state index in [0.29, 0.717) is 89.7 Å².